The first-order chi connectivity index (χ1) is 12.1. The summed E-state index contributed by atoms with van der Waals surface area (Å²) in [7, 11) is 1.61. The van der Waals surface area contributed by atoms with Crippen molar-refractivity contribution in [2.45, 2.75) is 6.61 Å². The minimum atomic E-state index is -0.570. The van der Waals surface area contributed by atoms with Gasteiger partial charge in [0.1, 0.15) is 12.4 Å². The number of ether oxygens (including phenoxy) is 1. The topological polar surface area (TPSA) is 89.9 Å². The van der Waals surface area contributed by atoms with Gasteiger partial charge in [0.2, 0.25) is 0 Å². The molecule has 0 fully saturated rings. The molecule has 124 valence electrons. The third-order valence-electron chi connectivity index (χ3n) is 4.07. The van der Waals surface area contributed by atoms with E-state index in [4.69, 9.17) is 4.74 Å². The minimum absolute atomic E-state index is 0.114. The third-order valence-corrected chi connectivity index (χ3v) is 4.07. The Balaban J connectivity index is 1.63. The van der Waals surface area contributed by atoms with Crippen LogP contribution in [0.1, 0.15) is 16.3 Å². The maximum absolute atomic E-state index is 12.4. The van der Waals surface area contributed by atoms with E-state index in [1.165, 1.54) is 4.57 Å². The molecule has 0 aliphatic heterocycles. The Morgan fingerprint density at radius 2 is 1.84 bits per heavy atom. The van der Waals surface area contributed by atoms with Crippen molar-refractivity contribution in [2.24, 2.45) is 7.05 Å². The van der Waals surface area contributed by atoms with Crippen LogP contribution in [-0.2, 0) is 18.4 Å². The molecular weight excluding hydrogens is 320 g/mol. The summed E-state index contributed by atoms with van der Waals surface area (Å²) in [6, 6.07) is 14.4. The van der Waals surface area contributed by atoms with Crippen molar-refractivity contribution in [1.82, 2.24) is 19.7 Å². The first-order valence-corrected chi connectivity index (χ1v) is 7.70. The van der Waals surface area contributed by atoms with Crippen LogP contribution in [0.15, 0.2) is 53.3 Å². The molecule has 0 radical (unpaired) electrons. The summed E-state index contributed by atoms with van der Waals surface area (Å²) >= 11 is 0. The van der Waals surface area contributed by atoms with E-state index in [2.05, 4.69) is 15.2 Å². The van der Waals surface area contributed by atoms with Gasteiger partial charge in [0.25, 0.3) is 5.56 Å². The Hall–Kier alpha value is -3.48. The maximum Gasteiger partial charge on any atom is 0.359 e. The minimum Gasteiger partial charge on any atom is -0.453 e. The van der Waals surface area contributed by atoms with Crippen molar-refractivity contribution in [3.63, 3.8) is 0 Å². The number of hydrogen-bond donors (Lipinski definition) is 1. The zero-order valence-electron chi connectivity index (χ0n) is 13.4. The van der Waals surface area contributed by atoms with Crippen LogP contribution < -0.4 is 5.56 Å². The van der Waals surface area contributed by atoms with Crippen LogP contribution in [0.3, 0.4) is 0 Å². The number of H-pyrrole nitrogens is 1. The fourth-order valence-corrected chi connectivity index (χ4v) is 2.71. The molecule has 4 aromatic rings. The first-order valence-electron chi connectivity index (χ1n) is 7.70. The summed E-state index contributed by atoms with van der Waals surface area (Å²) in [5, 5.41) is 8.01. The lowest BCUT2D eigenvalue weighted by Crippen LogP contribution is -2.23. The van der Waals surface area contributed by atoms with Crippen LogP contribution in [0.5, 0.6) is 0 Å². The largest absolute Gasteiger partial charge is 0.453 e. The molecule has 25 heavy (non-hydrogen) atoms. The summed E-state index contributed by atoms with van der Waals surface area (Å²) < 4.78 is 6.71. The summed E-state index contributed by atoms with van der Waals surface area (Å²) in [6.07, 6.45) is 0. The van der Waals surface area contributed by atoms with Crippen LogP contribution in [-0.4, -0.2) is 25.7 Å². The van der Waals surface area contributed by atoms with Gasteiger partial charge in [0, 0.05) is 12.4 Å². The number of esters is 1. The van der Waals surface area contributed by atoms with Gasteiger partial charge >= 0.3 is 5.97 Å². The normalized spacial score (nSPS) is 11.1. The molecule has 2 aromatic heterocycles. The number of nitrogens with zero attached hydrogens (tertiary/aromatic N) is 3. The molecule has 0 unspecified atom stereocenters. The second-order valence-electron chi connectivity index (χ2n) is 5.60. The summed E-state index contributed by atoms with van der Waals surface area (Å²) in [5.74, 6) is -0.197. The maximum atomic E-state index is 12.4. The van der Waals surface area contributed by atoms with Gasteiger partial charge in [0.05, 0.1) is 16.4 Å². The molecule has 0 aliphatic carbocycles. The van der Waals surface area contributed by atoms with Crippen LogP contribution in [0, 0.1) is 0 Å². The van der Waals surface area contributed by atoms with Gasteiger partial charge in [-0.2, -0.15) is 5.10 Å². The highest BCUT2D eigenvalue weighted by Gasteiger charge is 2.17. The van der Waals surface area contributed by atoms with Crippen molar-refractivity contribution in [1.29, 1.82) is 0 Å². The average Bonchev–Trinajstić information content (AvgIpc) is 3.07. The number of rotatable bonds is 3. The number of carbonyl (C=O) groups is 1. The Labute approximate surface area is 141 Å². The van der Waals surface area contributed by atoms with Gasteiger partial charge in [-0.25, -0.2) is 9.78 Å². The lowest BCUT2D eigenvalue weighted by atomic mass is 10.2. The number of hydrogen-bond acceptors (Lipinski definition) is 5. The van der Waals surface area contributed by atoms with Gasteiger partial charge in [-0.1, -0.05) is 30.3 Å². The van der Waals surface area contributed by atoms with E-state index in [1.807, 2.05) is 18.2 Å². The lowest BCUT2D eigenvalue weighted by Gasteiger charge is -2.09. The predicted octanol–water partition coefficient (Wildman–Crippen LogP) is 2.17. The molecule has 4 rings (SSSR count). The van der Waals surface area contributed by atoms with Gasteiger partial charge in [-0.15, -0.1) is 0 Å². The van der Waals surface area contributed by atoms with E-state index in [0.717, 1.165) is 5.52 Å². The van der Waals surface area contributed by atoms with E-state index in [9.17, 15) is 9.59 Å². The predicted molar refractivity (Wildman–Crippen MR) is 92.2 cm³/mol. The van der Waals surface area contributed by atoms with Crippen molar-refractivity contribution >= 4 is 27.8 Å². The van der Waals surface area contributed by atoms with E-state index in [0.29, 0.717) is 22.1 Å². The number of carbonyl (C=O) groups excluding carboxylic acids is 1. The molecule has 0 saturated heterocycles. The molecule has 0 amide bonds. The SMILES string of the molecule is Cn1c(COC(=O)c2n[nH]c3ccccc23)nc2ccccc2c1=O. The molecule has 2 heterocycles. The number of para-hydroxylation sites is 2. The highest BCUT2D eigenvalue weighted by atomic mass is 16.5. The second kappa shape index (κ2) is 5.86. The number of nitrogens with one attached hydrogen (secondary N) is 1. The molecular formula is C18H14N4O3. The number of aromatic amines is 1. The molecule has 0 atom stereocenters. The van der Waals surface area contributed by atoms with Crippen LogP contribution >= 0.6 is 0 Å². The van der Waals surface area contributed by atoms with Crippen molar-refractivity contribution in [3.8, 4) is 0 Å². The molecule has 0 spiro atoms. The monoisotopic (exact) mass is 334 g/mol. The Kier molecular flexibility index (Phi) is 3.53. The quantitative estimate of drug-likeness (QED) is 0.580. The zero-order chi connectivity index (χ0) is 17.4. The van der Waals surface area contributed by atoms with Crippen molar-refractivity contribution in [2.75, 3.05) is 0 Å². The number of aromatic nitrogens is 4. The Bertz CT molecular complexity index is 1160. The average molecular weight is 334 g/mol. The second-order valence-corrected chi connectivity index (χ2v) is 5.60. The van der Waals surface area contributed by atoms with Gasteiger partial charge in [-0.05, 0) is 18.2 Å². The fourth-order valence-electron chi connectivity index (χ4n) is 2.71. The van der Waals surface area contributed by atoms with Gasteiger partial charge in [-0.3, -0.25) is 14.5 Å². The molecule has 7 heteroatoms. The summed E-state index contributed by atoms with van der Waals surface area (Å²) in [4.78, 5) is 29.1. The molecule has 1 N–H and O–H groups in total. The molecule has 7 nitrogen and oxygen atoms in total. The highest BCUT2D eigenvalue weighted by molar-refractivity contribution is 6.01. The fraction of sp³-hybridized carbons (Fsp3) is 0.111. The molecule has 0 aliphatic rings. The first kappa shape index (κ1) is 15.1. The molecule has 2 aromatic carbocycles. The van der Waals surface area contributed by atoms with E-state index in [-0.39, 0.29) is 17.9 Å². The van der Waals surface area contributed by atoms with Crippen molar-refractivity contribution in [3.05, 3.63) is 70.4 Å². The number of fused-ring (bicyclic) bond motifs is 2. The van der Waals surface area contributed by atoms with E-state index >= 15 is 0 Å². The summed E-state index contributed by atoms with van der Waals surface area (Å²) in [5.41, 5.74) is 1.36. The van der Waals surface area contributed by atoms with Gasteiger partial charge < -0.3 is 4.74 Å². The zero-order valence-corrected chi connectivity index (χ0v) is 13.4. The highest BCUT2D eigenvalue weighted by Crippen LogP contribution is 2.16. The standard InChI is InChI=1S/C18H14N4O3/c1-22-15(19-13-8-4-3-7-12(13)17(22)23)10-25-18(24)16-11-6-2-5-9-14(11)20-21-16/h2-9H,10H2,1H3,(H,20,21). The summed E-state index contributed by atoms with van der Waals surface area (Å²) in [6.45, 7) is -0.114. The number of benzene rings is 2. The van der Waals surface area contributed by atoms with E-state index in [1.54, 1.807) is 37.4 Å². The lowest BCUT2D eigenvalue weighted by molar-refractivity contribution is 0.0453. The molecule has 0 saturated carbocycles. The van der Waals surface area contributed by atoms with Crippen molar-refractivity contribution < 1.29 is 9.53 Å². The molecule has 0 bridgehead atoms. The third kappa shape index (κ3) is 2.55. The van der Waals surface area contributed by atoms with Crippen LogP contribution in [0.25, 0.3) is 21.8 Å². The van der Waals surface area contributed by atoms with Crippen LogP contribution in [0.4, 0.5) is 0 Å². The van der Waals surface area contributed by atoms with Gasteiger partial charge in [0.15, 0.2) is 5.69 Å². The Morgan fingerprint density at radius 1 is 1.12 bits per heavy atom. The smallest absolute Gasteiger partial charge is 0.359 e. The Morgan fingerprint density at radius 3 is 2.68 bits per heavy atom. The van der Waals surface area contributed by atoms with Crippen LogP contribution in [0.2, 0.25) is 0 Å². The van der Waals surface area contributed by atoms with E-state index < -0.39 is 5.97 Å².